The Balaban J connectivity index is 2.70. The van der Waals surface area contributed by atoms with Gasteiger partial charge in [0.05, 0.1) is 11.9 Å². The third kappa shape index (κ3) is 1.82. The van der Waals surface area contributed by atoms with Crippen molar-refractivity contribution in [2.75, 3.05) is 6.54 Å². The lowest BCUT2D eigenvalue weighted by molar-refractivity contribution is 0.483. The van der Waals surface area contributed by atoms with Gasteiger partial charge in [-0.3, -0.25) is 0 Å². The van der Waals surface area contributed by atoms with Gasteiger partial charge in [-0.25, -0.2) is 0 Å². The Labute approximate surface area is 72.8 Å². The van der Waals surface area contributed by atoms with Gasteiger partial charge in [0.2, 0.25) is 0 Å². The highest BCUT2D eigenvalue weighted by atomic mass is 15.4. The van der Waals surface area contributed by atoms with Gasteiger partial charge >= 0.3 is 0 Å². The molecule has 0 aliphatic carbocycles. The number of hydrogen-bond acceptors (Lipinski definition) is 3. The highest BCUT2D eigenvalue weighted by molar-refractivity contribution is 5.01. The minimum atomic E-state index is 0.392. The smallest absolute Gasteiger partial charge is 0.0858 e. The van der Waals surface area contributed by atoms with Crippen molar-refractivity contribution >= 4 is 0 Å². The molecular weight excluding hydrogens is 152 g/mol. The molecule has 0 spiro atoms. The van der Waals surface area contributed by atoms with Gasteiger partial charge in [-0.2, -0.15) is 15.0 Å². The van der Waals surface area contributed by atoms with E-state index in [0.717, 1.165) is 5.69 Å². The predicted molar refractivity (Wildman–Crippen MR) is 47.6 cm³/mol. The van der Waals surface area contributed by atoms with E-state index in [0.29, 0.717) is 18.4 Å². The second-order valence-electron chi connectivity index (χ2n) is 3.26. The molecule has 1 rings (SSSR count). The fourth-order valence-corrected chi connectivity index (χ4v) is 1.07. The summed E-state index contributed by atoms with van der Waals surface area (Å²) in [4.78, 5) is 1.58. The van der Waals surface area contributed by atoms with Crippen molar-refractivity contribution in [2.24, 2.45) is 18.7 Å². The molecule has 0 bridgehead atoms. The highest BCUT2D eigenvalue weighted by Gasteiger charge is 2.15. The molecule has 0 aliphatic heterocycles. The van der Waals surface area contributed by atoms with Crippen LogP contribution in [0.15, 0.2) is 6.20 Å². The van der Waals surface area contributed by atoms with Crippen LogP contribution in [0.4, 0.5) is 0 Å². The van der Waals surface area contributed by atoms with E-state index in [-0.39, 0.29) is 0 Å². The Bertz CT molecular complexity index is 243. The number of aromatic nitrogens is 3. The largest absolute Gasteiger partial charge is 0.330 e. The molecule has 0 radical (unpaired) electrons. The molecule has 0 fully saturated rings. The molecule has 0 saturated carbocycles. The second kappa shape index (κ2) is 3.67. The van der Waals surface area contributed by atoms with Crippen LogP contribution in [0.25, 0.3) is 0 Å². The number of aryl methyl sites for hydroxylation is 1. The van der Waals surface area contributed by atoms with E-state index in [1.54, 1.807) is 11.0 Å². The molecule has 0 aliphatic rings. The summed E-state index contributed by atoms with van der Waals surface area (Å²) in [7, 11) is 1.82. The van der Waals surface area contributed by atoms with E-state index < -0.39 is 0 Å². The summed E-state index contributed by atoms with van der Waals surface area (Å²) < 4.78 is 0. The normalized spacial score (nSPS) is 16.0. The maximum Gasteiger partial charge on any atom is 0.0858 e. The van der Waals surface area contributed by atoms with E-state index in [4.69, 9.17) is 5.73 Å². The minimum Gasteiger partial charge on any atom is -0.330 e. The van der Waals surface area contributed by atoms with Crippen molar-refractivity contribution in [1.29, 1.82) is 0 Å². The van der Waals surface area contributed by atoms with Gasteiger partial charge in [-0.05, 0) is 12.5 Å². The zero-order valence-electron chi connectivity index (χ0n) is 7.86. The van der Waals surface area contributed by atoms with E-state index in [1.165, 1.54) is 0 Å². The maximum atomic E-state index is 5.56. The van der Waals surface area contributed by atoms with Crippen LogP contribution in [0.1, 0.15) is 25.5 Å². The van der Waals surface area contributed by atoms with Crippen LogP contribution in [-0.4, -0.2) is 21.5 Å². The molecule has 68 valence electrons. The van der Waals surface area contributed by atoms with E-state index in [2.05, 4.69) is 24.0 Å². The van der Waals surface area contributed by atoms with E-state index in [9.17, 15) is 0 Å². The quantitative estimate of drug-likeness (QED) is 0.715. The van der Waals surface area contributed by atoms with Crippen LogP contribution in [0.2, 0.25) is 0 Å². The molecule has 1 aromatic heterocycles. The molecule has 2 unspecified atom stereocenters. The van der Waals surface area contributed by atoms with Crippen molar-refractivity contribution in [1.82, 2.24) is 15.0 Å². The first-order chi connectivity index (χ1) is 5.65. The number of nitrogens with zero attached hydrogens (tertiary/aromatic N) is 3. The van der Waals surface area contributed by atoms with Gasteiger partial charge in [-0.1, -0.05) is 13.8 Å². The van der Waals surface area contributed by atoms with Gasteiger partial charge in [0.1, 0.15) is 0 Å². The number of nitrogens with two attached hydrogens (primary N) is 1. The van der Waals surface area contributed by atoms with Crippen LogP contribution < -0.4 is 5.73 Å². The molecule has 1 aromatic rings. The molecule has 0 aromatic carbocycles. The predicted octanol–water partition coefficient (Wildman–Crippen LogP) is 0.513. The molecule has 1 heterocycles. The summed E-state index contributed by atoms with van der Waals surface area (Å²) in [5.41, 5.74) is 6.59. The summed E-state index contributed by atoms with van der Waals surface area (Å²) >= 11 is 0. The topological polar surface area (TPSA) is 56.7 Å². The minimum absolute atomic E-state index is 0.392. The van der Waals surface area contributed by atoms with Crippen molar-refractivity contribution in [3.05, 3.63) is 11.9 Å². The Hall–Kier alpha value is -0.900. The second-order valence-corrected chi connectivity index (χ2v) is 3.26. The van der Waals surface area contributed by atoms with Gasteiger partial charge in [0, 0.05) is 13.0 Å². The summed E-state index contributed by atoms with van der Waals surface area (Å²) in [5.74, 6) is 0.852. The Kier molecular flexibility index (Phi) is 2.81. The molecule has 4 nitrogen and oxygen atoms in total. The average molecular weight is 168 g/mol. The van der Waals surface area contributed by atoms with E-state index >= 15 is 0 Å². The first kappa shape index (κ1) is 9.19. The molecule has 2 N–H and O–H groups in total. The highest BCUT2D eigenvalue weighted by Crippen LogP contribution is 2.19. The van der Waals surface area contributed by atoms with Gasteiger partial charge < -0.3 is 5.73 Å². The van der Waals surface area contributed by atoms with Crippen LogP contribution in [0.5, 0.6) is 0 Å². The molecule has 0 saturated heterocycles. The van der Waals surface area contributed by atoms with Crippen molar-refractivity contribution < 1.29 is 0 Å². The lowest BCUT2D eigenvalue weighted by atomic mass is 9.94. The average Bonchev–Trinajstić information content (AvgIpc) is 2.49. The summed E-state index contributed by atoms with van der Waals surface area (Å²) in [6.07, 6.45) is 1.80. The van der Waals surface area contributed by atoms with Crippen molar-refractivity contribution in [3.63, 3.8) is 0 Å². The number of rotatable bonds is 3. The Morgan fingerprint density at radius 3 is 2.67 bits per heavy atom. The zero-order valence-corrected chi connectivity index (χ0v) is 7.86. The summed E-state index contributed by atoms with van der Waals surface area (Å²) in [5, 5.41) is 8.25. The lowest BCUT2D eigenvalue weighted by Gasteiger charge is -2.14. The summed E-state index contributed by atoms with van der Waals surface area (Å²) in [6, 6.07) is 0. The SMILES string of the molecule is CC(CN)C(C)c1cnn(C)n1. The molecule has 4 heteroatoms. The lowest BCUT2D eigenvalue weighted by Crippen LogP contribution is -2.17. The Morgan fingerprint density at radius 1 is 1.58 bits per heavy atom. The summed E-state index contributed by atoms with van der Waals surface area (Å²) in [6.45, 7) is 4.94. The first-order valence-electron chi connectivity index (χ1n) is 4.21. The maximum absolute atomic E-state index is 5.56. The van der Waals surface area contributed by atoms with Crippen LogP contribution in [-0.2, 0) is 7.05 Å². The molecule has 0 amide bonds. The first-order valence-corrected chi connectivity index (χ1v) is 4.21. The molecular formula is C8H16N4. The third-order valence-electron chi connectivity index (χ3n) is 2.31. The van der Waals surface area contributed by atoms with Crippen LogP contribution in [0, 0.1) is 5.92 Å². The van der Waals surface area contributed by atoms with Gasteiger partial charge in [-0.15, -0.1) is 0 Å². The zero-order chi connectivity index (χ0) is 9.14. The molecule has 2 atom stereocenters. The van der Waals surface area contributed by atoms with Crippen LogP contribution in [0.3, 0.4) is 0 Å². The van der Waals surface area contributed by atoms with Crippen molar-refractivity contribution in [3.8, 4) is 0 Å². The monoisotopic (exact) mass is 168 g/mol. The van der Waals surface area contributed by atoms with Crippen molar-refractivity contribution in [2.45, 2.75) is 19.8 Å². The fourth-order valence-electron chi connectivity index (χ4n) is 1.07. The van der Waals surface area contributed by atoms with Crippen LogP contribution >= 0.6 is 0 Å². The fraction of sp³-hybridized carbons (Fsp3) is 0.750. The Morgan fingerprint density at radius 2 is 2.25 bits per heavy atom. The standard InChI is InChI=1S/C8H16N4/c1-6(4-9)7(2)8-5-10-12(3)11-8/h5-7H,4,9H2,1-3H3. The van der Waals surface area contributed by atoms with E-state index in [1.807, 2.05) is 7.05 Å². The number of hydrogen-bond donors (Lipinski definition) is 1. The van der Waals surface area contributed by atoms with Gasteiger partial charge in [0.25, 0.3) is 0 Å². The third-order valence-corrected chi connectivity index (χ3v) is 2.31. The van der Waals surface area contributed by atoms with Gasteiger partial charge in [0.15, 0.2) is 0 Å². The molecule has 12 heavy (non-hydrogen) atoms.